The number of carbonyl (C=O) groups is 1. The van der Waals surface area contributed by atoms with Crippen molar-refractivity contribution in [3.05, 3.63) is 52.6 Å². The van der Waals surface area contributed by atoms with E-state index in [1.165, 1.54) is 17.5 Å². The second kappa shape index (κ2) is 8.25. The second-order valence-corrected chi connectivity index (χ2v) is 6.66. The van der Waals surface area contributed by atoms with E-state index in [1.54, 1.807) is 0 Å². The smallest absolute Gasteiger partial charge is 0.277 e. The molecule has 0 aliphatic rings. The Hall–Kier alpha value is -2.51. The Bertz CT molecular complexity index is 896. The Labute approximate surface area is 160 Å². The molecule has 0 unspecified atom stereocenters. The van der Waals surface area contributed by atoms with Gasteiger partial charge in [0.25, 0.3) is 5.91 Å². The zero-order valence-electron chi connectivity index (χ0n) is 14.4. The van der Waals surface area contributed by atoms with Crippen LogP contribution in [0, 0.1) is 0 Å². The molecule has 0 bridgehead atoms. The topological polar surface area (TPSA) is 71.0 Å². The average molecular weight is 388 g/mol. The summed E-state index contributed by atoms with van der Waals surface area (Å²) in [4.78, 5) is 27.5. The lowest BCUT2D eigenvalue weighted by molar-refractivity contribution is 0.102. The number of hydrogen-bond donors (Lipinski definition) is 1. The van der Waals surface area contributed by atoms with Crippen LogP contribution in [-0.2, 0) is 0 Å². The highest BCUT2D eigenvalue weighted by Crippen LogP contribution is 2.25. The summed E-state index contributed by atoms with van der Waals surface area (Å²) in [7, 11) is 0. The quantitative estimate of drug-likeness (QED) is 0.680. The van der Waals surface area contributed by atoms with Crippen molar-refractivity contribution in [3.63, 3.8) is 0 Å². The van der Waals surface area contributed by atoms with Gasteiger partial charge >= 0.3 is 0 Å². The van der Waals surface area contributed by atoms with Gasteiger partial charge in [-0.05, 0) is 13.8 Å². The van der Waals surface area contributed by atoms with Crippen molar-refractivity contribution in [1.82, 2.24) is 15.0 Å². The number of nitrogens with zero attached hydrogens (tertiary/aromatic N) is 4. The largest absolute Gasteiger partial charge is 0.341 e. The number of nitrogens with one attached hydrogen (secondary N) is 1. The lowest BCUT2D eigenvalue weighted by Gasteiger charge is -2.18. The molecule has 0 atom stereocenters. The number of halogens is 1. The highest BCUT2D eigenvalue weighted by Gasteiger charge is 2.18. The molecule has 0 radical (unpaired) electrons. The Balaban J connectivity index is 1.80. The summed E-state index contributed by atoms with van der Waals surface area (Å²) < 4.78 is 0. The lowest BCUT2D eigenvalue weighted by Crippen LogP contribution is -2.25. The van der Waals surface area contributed by atoms with Crippen LogP contribution in [-0.4, -0.2) is 33.9 Å². The Morgan fingerprint density at radius 1 is 1.19 bits per heavy atom. The maximum atomic E-state index is 12.6. The van der Waals surface area contributed by atoms with Crippen molar-refractivity contribution in [1.29, 1.82) is 0 Å². The first-order chi connectivity index (χ1) is 12.6. The van der Waals surface area contributed by atoms with E-state index in [0.29, 0.717) is 11.1 Å². The highest BCUT2D eigenvalue weighted by molar-refractivity contribution is 7.14. The number of benzene rings is 1. The normalized spacial score (nSPS) is 10.6. The number of carbonyl (C=O) groups excluding carboxylic acids is 1. The molecule has 1 aromatic carbocycles. The van der Waals surface area contributed by atoms with Crippen LogP contribution in [0.25, 0.3) is 11.3 Å². The standard InChI is InChI=1S/C18H18ClN5OS/c1-3-24(4-2)17-20-10-13(19)15(22-17)16(25)23-18-21-14(11-26-18)12-8-6-5-7-9-12/h5-11H,3-4H2,1-2H3,(H,21,23,25). The van der Waals surface area contributed by atoms with Crippen molar-refractivity contribution in [2.24, 2.45) is 0 Å². The van der Waals surface area contributed by atoms with E-state index in [9.17, 15) is 4.79 Å². The minimum absolute atomic E-state index is 0.139. The summed E-state index contributed by atoms with van der Waals surface area (Å²) in [5, 5.41) is 5.36. The summed E-state index contributed by atoms with van der Waals surface area (Å²) in [6.07, 6.45) is 1.45. The van der Waals surface area contributed by atoms with Crippen molar-refractivity contribution >= 4 is 39.9 Å². The van der Waals surface area contributed by atoms with Gasteiger partial charge in [0.05, 0.1) is 16.9 Å². The van der Waals surface area contributed by atoms with Gasteiger partial charge < -0.3 is 4.90 Å². The molecule has 2 aromatic heterocycles. The maximum absolute atomic E-state index is 12.6. The summed E-state index contributed by atoms with van der Waals surface area (Å²) in [6.45, 7) is 5.49. The molecule has 26 heavy (non-hydrogen) atoms. The predicted octanol–water partition coefficient (Wildman–Crippen LogP) is 4.35. The van der Waals surface area contributed by atoms with Gasteiger partial charge in [0.15, 0.2) is 10.8 Å². The fourth-order valence-electron chi connectivity index (χ4n) is 2.40. The van der Waals surface area contributed by atoms with Gasteiger partial charge in [-0.1, -0.05) is 41.9 Å². The summed E-state index contributed by atoms with van der Waals surface area (Å²) in [5.74, 6) is 0.0773. The lowest BCUT2D eigenvalue weighted by atomic mass is 10.2. The molecule has 2 heterocycles. The van der Waals surface area contributed by atoms with Gasteiger partial charge in [-0.25, -0.2) is 15.0 Å². The monoisotopic (exact) mass is 387 g/mol. The molecular weight excluding hydrogens is 370 g/mol. The van der Waals surface area contributed by atoms with E-state index in [0.717, 1.165) is 24.3 Å². The van der Waals surface area contributed by atoms with Crippen molar-refractivity contribution < 1.29 is 4.79 Å². The average Bonchev–Trinajstić information content (AvgIpc) is 3.13. The third-order valence-electron chi connectivity index (χ3n) is 3.79. The zero-order valence-corrected chi connectivity index (χ0v) is 16.0. The molecule has 0 aliphatic carbocycles. The first kappa shape index (κ1) is 18.3. The molecule has 0 fully saturated rings. The first-order valence-electron chi connectivity index (χ1n) is 8.22. The molecule has 0 spiro atoms. The predicted molar refractivity (Wildman–Crippen MR) is 106 cm³/mol. The molecule has 3 aromatic rings. The molecule has 0 saturated carbocycles. The van der Waals surface area contributed by atoms with E-state index >= 15 is 0 Å². The van der Waals surface area contributed by atoms with Crippen LogP contribution in [0.5, 0.6) is 0 Å². The van der Waals surface area contributed by atoms with Crippen LogP contribution in [0.1, 0.15) is 24.3 Å². The summed E-state index contributed by atoms with van der Waals surface area (Å²) >= 11 is 7.48. The minimum atomic E-state index is -0.403. The Morgan fingerprint density at radius 2 is 1.92 bits per heavy atom. The van der Waals surface area contributed by atoms with E-state index in [-0.39, 0.29) is 10.7 Å². The van der Waals surface area contributed by atoms with Crippen LogP contribution in [0.3, 0.4) is 0 Å². The molecule has 8 heteroatoms. The SMILES string of the molecule is CCN(CC)c1ncc(Cl)c(C(=O)Nc2nc(-c3ccccc3)cs2)n1. The van der Waals surface area contributed by atoms with Gasteiger partial charge in [0, 0.05) is 24.0 Å². The summed E-state index contributed by atoms with van der Waals surface area (Å²) in [6, 6.07) is 9.78. The number of rotatable bonds is 6. The zero-order chi connectivity index (χ0) is 18.5. The molecule has 0 aliphatic heterocycles. The third-order valence-corrected chi connectivity index (χ3v) is 4.82. The Kier molecular flexibility index (Phi) is 5.80. The number of aromatic nitrogens is 3. The Morgan fingerprint density at radius 3 is 2.62 bits per heavy atom. The number of amides is 1. The van der Waals surface area contributed by atoms with Crippen molar-refractivity contribution in [2.45, 2.75) is 13.8 Å². The van der Waals surface area contributed by atoms with E-state index in [2.05, 4.69) is 20.3 Å². The fourth-order valence-corrected chi connectivity index (χ4v) is 3.30. The van der Waals surface area contributed by atoms with E-state index in [4.69, 9.17) is 11.6 Å². The van der Waals surface area contributed by atoms with Gasteiger partial charge in [-0.3, -0.25) is 10.1 Å². The van der Waals surface area contributed by atoms with Crippen LogP contribution < -0.4 is 10.2 Å². The minimum Gasteiger partial charge on any atom is -0.341 e. The highest BCUT2D eigenvalue weighted by atomic mass is 35.5. The van der Waals surface area contributed by atoms with Gasteiger partial charge in [-0.15, -0.1) is 11.3 Å². The van der Waals surface area contributed by atoms with Gasteiger partial charge in [0.1, 0.15) is 0 Å². The van der Waals surface area contributed by atoms with Crippen LogP contribution >= 0.6 is 22.9 Å². The molecule has 1 N–H and O–H groups in total. The maximum Gasteiger partial charge on any atom is 0.277 e. The fraction of sp³-hybridized carbons (Fsp3) is 0.222. The van der Waals surface area contributed by atoms with Gasteiger partial charge in [-0.2, -0.15) is 0 Å². The van der Waals surface area contributed by atoms with E-state index < -0.39 is 5.91 Å². The summed E-state index contributed by atoms with van der Waals surface area (Å²) in [5.41, 5.74) is 1.94. The molecule has 1 amide bonds. The molecule has 3 rings (SSSR count). The van der Waals surface area contributed by atoms with Crippen LogP contribution in [0.15, 0.2) is 41.9 Å². The van der Waals surface area contributed by atoms with Crippen LogP contribution in [0.4, 0.5) is 11.1 Å². The van der Waals surface area contributed by atoms with Crippen molar-refractivity contribution in [3.8, 4) is 11.3 Å². The second-order valence-electron chi connectivity index (χ2n) is 5.40. The van der Waals surface area contributed by atoms with Crippen LogP contribution in [0.2, 0.25) is 5.02 Å². The van der Waals surface area contributed by atoms with Gasteiger partial charge in [0.2, 0.25) is 5.95 Å². The van der Waals surface area contributed by atoms with E-state index in [1.807, 2.05) is 54.5 Å². The van der Waals surface area contributed by atoms with Crippen molar-refractivity contribution in [2.75, 3.05) is 23.3 Å². The molecule has 134 valence electrons. The molecule has 0 saturated heterocycles. The number of hydrogen-bond acceptors (Lipinski definition) is 6. The first-order valence-corrected chi connectivity index (χ1v) is 9.48. The number of anilines is 2. The third kappa shape index (κ3) is 4.00. The molecule has 6 nitrogen and oxygen atoms in total. The number of thiazole rings is 1. The molecular formula is C18H18ClN5OS.